The minimum atomic E-state index is -0.324. The van der Waals surface area contributed by atoms with E-state index < -0.39 is 0 Å². The van der Waals surface area contributed by atoms with E-state index >= 15 is 0 Å². The average molecular weight is 653 g/mol. The van der Waals surface area contributed by atoms with Crippen LogP contribution in [0.25, 0.3) is 55.3 Å². The van der Waals surface area contributed by atoms with Gasteiger partial charge < -0.3 is 4.42 Å². The zero-order valence-corrected chi connectivity index (χ0v) is 29.0. The Balaban J connectivity index is 1.07. The maximum atomic E-state index is 6.99. The van der Waals surface area contributed by atoms with Crippen molar-refractivity contribution in [3.8, 4) is 22.3 Å². The van der Waals surface area contributed by atoms with Gasteiger partial charge in [0, 0.05) is 33.1 Å². The summed E-state index contributed by atoms with van der Waals surface area (Å²) < 4.78 is 6.99. The molecule has 3 aliphatic carbocycles. The van der Waals surface area contributed by atoms with E-state index in [4.69, 9.17) is 4.42 Å². The molecule has 1 atom stereocenters. The first-order valence-electron chi connectivity index (χ1n) is 18.1. The van der Waals surface area contributed by atoms with E-state index in [1.807, 2.05) is 0 Å². The summed E-state index contributed by atoms with van der Waals surface area (Å²) in [4.78, 5) is 0. The molecular weight excluding hydrogens is 617 g/mol. The van der Waals surface area contributed by atoms with Crippen LogP contribution in [0.1, 0.15) is 71.2 Å². The summed E-state index contributed by atoms with van der Waals surface area (Å²) in [6.07, 6.45) is 0. The molecule has 1 nitrogen and oxygen atoms in total. The third-order valence-electron chi connectivity index (χ3n) is 12.4. The molecule has 8 aromatic rings. The van der Waals surface area contributed by atoms with Crippen molar-refractivity contribution < 1.29 is 4.42 Å². The van der Waals surface area contributed by atoms with Gasteiger partial charge >= 0.3 is 0 Å². The molecule has 0 aliphatic heterocycles. The lowest BCUT2D eigenvalue weighted by Crippen LogP contribution is -2.22. The van der Waals surface area contributed by atoms with E-state index in [1.165, 1.54) is 83.3 Å². The second-order valence-corrected chi connectivity index (χ2v) is 15.3. The lowest BCUT2D eigenvalue weighted by atomic mass is 9.74. The average Bonchev–Trinajstić information content (AvgIpc) is 3.65. The van der Waals surface area contributed by atoms with E-state index in [1.54, 1.807) is 0 Å². The normalized spacial score (nSPS) is 17.4. The summed E-state index contributed by atoms with van der Waals surface area (Å²) in [6, 6.07) is 58.4. The molecule has 1 heteroatoms. The summed E-state index contributed by atoms with van der Waals surface area (Å²) in [5, 5.41) is 2.33. The van der Waals surface area contributed by atoms with Crippen molar-refractivity contribution in [1.29, 1.82) is 0 Å². The molecule has 1 unspecified atom stereocenters. The molecular formula is C50H36O. The van der Waals surface area contributed by atoms with Crippen molar-refractivity contribution in [3.63, 3.8) is 0 Å². The van der Waals surface area contributed by atoms with Crippen molar-refractivity contribution in [2.24, 2.45) is 0 Å². The van der Waals surface area contributed by atoms with Crippen LogP contribution >= 0.6 is 0 Å². The van der Waals surface area contributed by atoms with Gasteiger partial charge in [-0.25, -0.2) is 0 Å². The molecule has 0 N–H and O–H groups in total. The molecule has 0 saturated heterocycles. The van der Waals surface area contributed by atoms with Crippen LogP contribution in [0.5, 0.6) is 0 Å². The minimum absolute atomic E-state index is 0.0400. The number of para-hydroxylation sites is 1. The Morgan fingerprint density at radius 3 is 1.69 bits per heavy atom. The van der Waals surface area contributed by atoms with Crippen molar-refractivity contribution in [3.05, 3.63) is 202 Å². The minimum Gasteiger partial charge on any atom is -0.456 e. The molecule has 1 aromatic heterocycles. The number of furan rings is 1. The Morgan fingerprint density at radius 2 is 0.980 bits per heavy atom. The van der Waals surface area contributed by atoms with Crippen LogP contribution in [0.2, 0.25) is 0 Å². The highest BCUT2D eigenvalue weighted by Crippen LogP contribution is 2.61. The lowest BCUT2D eigenvalue weighted by Gasteiger charge is -2.28. The van der Waals surface area contributed by atoms with Crippen LogP contribution in [0.3, 0.4) is 0 Å². The molecule has 0 bridgehead atoms. The number of allylic oxidation sites excluding steroid dienone is 2. The van der Waals surface area contributed by atoms with E-state index in [0.717, 1.165) is 16.6 Å². The Bertz CT molecular complexity index is 2740. The second kappa shape index (κ2) is 10.1. The molecule has 0 radical (unpaired) electrons. The first-order valence-corrected chi connectivity index (χ1v) is 18.1. The first kappa shape index (κ1) is 28.9. The monoisotopic (exact) mass is 652 g/mol. The van der Waals surface area contributed by atoms with Gasteiger partial charge in [0.15, 0.2) is 0 Å². The maximum absolute atomic E-state index is 6.99. The molecule has 0 amide bonds. The molecule has 242 valence electrons. The number of fused-ring (bicyclic) bond motifs is 9. The third kappa shape index (κ3) is 3.81. The summed E-state index contributed by atoms with van der Waals surface area (Å²) in [6.45, 7) is 7.10. The van der Waals surface area contributed by atoms with Crippen molar-refractivity contribution >= 4 is 33.1 Å². The standard InChI is InChI=1S/C50H36O/c1-49(2)39-20-10-7-16-33(39)36-26-24-31(28-43(36)49)46-45(30-14-5-4-6-15-30)47(46)32-25-27-37-38-19-13-23-42(48(38)51-44(37)29-32)50(3)40-21-11-8-17-34(40)35-18-9-12-22-41(35)50/h4-29,45H,1-3H3. The fraction of sp³-hybridized carbons (Fsp3) is 0.120. The van der Waals surface area contributed by atoms with E-state index in [-0.39, 0.29) is 16.7 Å². The van der Waals surface area contributed by atoms with Gasteiger partial charge in [0.1, 0.15) is 11.2 Å². The number of hydrogen-bond donors (Lipinski definition) is 0. The van der Waals surface area contributed by atoms with Crippen molar-refractivity contribution in [2.45, 2.75) is 37.5 Å². The van der Waals surface area contributed by atoms with E-state index in [2.05, 4.69) is 178 Å². The van der Waals surface area contributed by atoms with Gasteiger partial charge in [-0.3, -0.25) is 0 Å². The van der Waals surface area contributed by atoms with E-state index in [9.17, 15) is 0 Å². The molecule has 3 aliphatic rings. The number of benzene rings is 7. The quantitative estimate of drug-likeness (QED) is 0.184. The molecule has 1 heterocycles. The van der Waals surface area contributed by atoms with Gasteiger partial charge in [-0.05, 0) is 97.5 Å². The maximum Gasteiger partial charge on any atom is 0.139 e. The van der Waals surface area contributed by atoms with Gasteiger partial charge in [-0.2, -0.15) is 0 Å². The Labute approximate surface area is 298 Å². The molecule has 7 aromatic carbocycles. The second-order valence-electron chi connectivity index (χ2n) is 15.3. The predicted molar refractivity (Wildman–Crippen MR) is 211 cm³/mol. The zero-order valence-electron chi connectivity index (χ0n) is 29.0. The fourth-order valence-electron chi connectivity index (χ4n) is 9.82. The Hall–Kier alpha value is -5.92. The van der Waals surface area contributed by atoms with Gasteiger partial charge in [0.2, 0.25) is 0 Å². The van der Waals surface area contributed by atoms with Gasteiger partial charge in [-0.1, -0.05) is 153 Å². The van der Waals surface area contributed by atoms with Gasteiger partial charge in [0.05, 0.1) is 0 Å². The molecule has 0 saturated carbocycles. The van der Waals surface area contributed by atoms with Crippen LogP contribution in [0, 0.1) is 0 Å². The molecule has 0 fully saturated rings. The number of hydrogen-bond acceptors (Lipinski definition) is 1. The lowest BCUT2D eigenvalue weighted by molar-refractivity contribution is 0.637. The van der Waals surface area contributed by atoms with Crippen LogP contribution in [-0.4, -0.2) is 0 Å². The Kier molecular flexibility index (Phi) is 5.71. The largest absolute Gasteiger partial charge is 0.456 e. The highest BCUT2D eigenvalue weighted by Gasteiger charge is 2.44. The van der Waals surface area contributed by atoms with Crippen LogP contribution in [-0.2, 0) is 10.8 Å². The van der Waals surface area contributed by atoms with Gasteiger partial charge in [0.25, 0.3) is 0 Å². The summed E-state index contributed by atoms with van der Waals surface area (Å²) in [7, 11) is 0. The summed E-state index contributed by atoms with van der Waals surface area (Å²) in [5.74, 6) is 0.249. The van der Waals surface area contributed by atoms with Crippen LogP contribution < -0.4 is 0 Å². The first-order chi connectivity index (χ1) is 24.9. The van der Waals surface area contributed by atoms with Crippen LogP contribution in [0.4, 0.5) is 0 Å². The highest BCUT2D eigenvalue weighted by molar-refractivity contribution is 6.17. The fourth-order valence-corrected chi connectivity index (χ4v) is 9.82. The molecule has 0 spiro atoms. The predicted octanol–water partition coefficient (Wildman–Crippen LogP) is 12.9. The van der Waals surface area contributed by atoms with E-state index in [0.29, 0.717) is 0 Å². The molecule has 51 heavy (non-hydrogen) atoms. The number of rotatable bonds is 4. The van der Waals surface area contributed by atoms with Crippen molar-refractivity contribution in [2.75, 3.05) is 0 Å². The summed E-state index contributed by atoms with van der Waals surface area (Å²) >= 11 is 0. The van der Waals surface area contributed by atoms with Crippen molar-refractivity contribution in [1.82, 2.24) is 0 Å². The zero-order chi connectivity index (χ0) is 34.1. The van der Waals surface area contributed by atoms with Crippen LogP contribution in [0.15, 0.2) is 162 Å². The Morgan fingerprint density at radius 1 is 0.431 bits per heavy atom. The molecule has 11 rings (SSSR count). The topological polar surface area (TPSA) is 13.1 Å². The van der Waals surface area contributed by atoms with Gasteiger partial charge in [-0.15, -0.1) is 0 Å². The summed E-state index contributed by atoms with van der Waals surface area (Å²) in [5.41, 5.74) is 20.3. The SMILES string of the molecule is CC1(C)c2ccccc2-c2ccc(C3=C(c4ccc5c(c4)oc4c(C6(C)c7ccccc7-c7ccccc76)cccc45)C3c3ccccc3)cc21. The smallest absolute Gasteiger partial charge is 0.139 e. The third-order valence-corrected chi connectivity index (χ3v) is 12.4. The highest BCUT2D eigenvalue weighted by atomic mass is 16.3.